The number of nitrogens with one attached hydrogen (secondary N) is 1. The molecule has 0 bridgehead atoms. The molecule has 1 aromatic carbocycles. The molecule has 1 N–H and O–H groups in total. The van der Waals surface area contributed by atoms with E-state index in [0.717, 1.165) is 29.7 Å². The highest BCUT2D eigenvalue weighted by molar-refractivity contribution is 7.95. The molecule has 11 heteroatoms. The van der Waals surface area contributed by atoms with E-state index in [9.17, 15) is 21.9 Å². The summed E-state index contributed by atoms with van der Waals surface area (Å²) in [5.41, 5.74) is -0.272. The Balaban J connectivity index is 1.44. The van der Waals surface area contributed by atoms with Crippen LogP contribution in [0.3, 0.4) is 0 Å². The van der Waals surface area contributed by atoms with Gasteiger partial charge in [-0.2, -0.15) is 22.8 Å². The van der Waals surface area contributed by atoms with Crippen LogP contribution in [0, 0.1) is 0 Å². The second kappa shape index (κ2) is 7.39. The minimum Gasteiger partial charge on any atom is -0.593 e. The topological polar surface area (TPSA) is 85.6 Å². The molecule has 0 aliphatic carbocycles. The molecule has 1 atom stereocenters. The fourth-order valence-corrected chi connectivity index (χ4v) is 4.76. The van der Waals surface area contributed by atoms with Crippen LogP contribution in [0.15, 0.2) is 53.7 Å². The number of halogens is 3. The highest BCUT2D eigenvalue weighted by Crippen LogP contribution is 2.31. The monoisotopic (exact) mass is 425 g/mol. The summed E-state index contributed by atoms with van der Waals surface area (Å²) in [6.07, 6.45) is -0.220. The van der Waals surface area contributed by atoms with Gasteiger partial charge in [-0.05, 0) is 31.0 Å². The van der Waals surface area contributed by atoms with Crippen molar-refractivity contribution in [2.75, 3.05) is 18.0 Å². The first-order chi connectivity index (χ1) is 13.7. The van der Waals surface area contributed by atoms with E-state index in [1.807, 2.05) is 6.07 Å². The number of hydrogen-bond donors (Lipinski definition) is 1. The zero-order valence-corrected chi connectivity index (χ0v) is 16.0. The van der Waals surface area contributed by atoms with Crippen molar-refractivity contribution < 1.29 is 21.9 Å². The number of anilines is 1. The number of rotatable bonds is 4. The lowest BCUT2D eigenvalue weighted by molar-refractivity contribution is -0.137. The lowest BCUT2D eigenvalue weighted by Crippen LogP contribution is -2.47. The Labute approximate surface area is 165 Å². The lowest BCUT2D eigenvalue weighted by Gasteiger charge is -2.34. The molecule has 1 aliphatic heterocycles. The third-order valence-corrected chi connectivity index (χ3v) is 6.40. The Morgan fingerprint density at radius 2 is 1.90 bits per heavy atom. The summed E-state index contributed by atoms with van der Waals surface area (Å²) in [5.74, 6) is 0.860. The van der Waals surface area contributed by atoms with E-state index in [0.29, 0.717) is 32.0 Å². The highest BCUT2D eigenvalue weighted by Gasteiger charge is 2.34. The van der Waals surface area contributed by atoms with Gasteiger partial charge < -0.3 is 9.45 Å². The summed E-state index contributed by atoms with van der Waals surface area (Å²) in [6, 6.07) is 7.04. The van der Waals surface area contributed by atoms with Gasteiger partial charge >= 0.3 is 6.18 Å². The van der Waals surface area contributed by atoms with E-state index < -0.39 is 22.1 Å². The molecule has 7 nitrogen and oxygen atoms in total. The minimum atomic E-state index is -4.60. The standard InChI is InChI=1S/C18H18F3N5O2S/c19-18(20,21)13-2-1-3-15(12-13)29(27,28)24-14-6-10-25(11-7-14)17-5-8-22-16-4-9-23-26(16)17/h1-5,8-9,12,14H,6-7,10-11H2,(H-,24,27,28). The molecule has 0 spiro atoms. The minimum absolute atomic E-state index is 0.360. The Morgan fingerprint density at radius 1 is 1.14 bits per heavy atom. The van der Waals surface area contributed by atoms with Crippen molar-refractivity contribution in [3.8, 4) is 0 Å². The van der Waals surface area contributed by atoms with E-state index in [2.05, 4.69) is 19.7 Å². The summed E-state index contributed by atoms with van der Waals surface area (Å²) in [5, 5.41) is 4.25. The predicted molar refractivity (Wildman–Crippen MR) is 99.9 cm³/mol. The van der Waals surface area contributed by atoms with E-state index in [4.69, 9.17) is 0 Å². The average Bonchev–Trinajstić information content (AvgIpc) is 3.17. The van der Waals surface area contributed by atoms with Crippen molar-refractivity contribution >= 4 is 21.9 Å². The first kappa shape index (κ1) is 19.8. The van der Waals surface area contributed by atoms with Crippen LogP contribution >= 0.6 is 0 Å². The van der Waals surface area contributed by atoms with Gasteiger partial charge in [-0.15, -0.1) is 4.72 Å². The van der Waals surface area contributed by atoms with Crippen molar-refractivity contribution in [1.82, 2.24) is 19.3 Å². The zero-order valence-electron chi connectivity index (χ0n) is 15.2. The molecular formula is C18H18F3N5O2S. The summed E-state index contributed by atoms with van der Waals surface area (Å²) in [4.78, 5) is 5.91. The van der Waals surface area contributed by atoms with Crippen LogP contribution in [-0.4, -0.2) is 38.3 Å². The average molecular weight is 425 g/mol. The van der Waals surface area contributed by atoms with Crippen LogP contribution in [0.1, 0.15) is 18.4 Å². The number of fused-ring (bicyclic) bond motifs is 1. The first-order valence-electron chi connectivity index (χ1n) is 8.97. The fourth-order valence-electron chi connectivity index (χ4n) is 3.41. The fraction of sp³-hybridized carbons (Fsp3) is 0.333. The second-order valence-corrected chi connectivity index (χ2v) is 8.53. The van der Waals surface area contributed by atoms with Crippen molar-refractivity contribution in [2.24, 2.45) is 0 Å². The quantitative estimate of drug-likeness (QED) is 0.650. The summed E-state index contributed by atoms with van der Waals surface area (Å²) in [6.45, 7) is 1.16. The van der Waals surface area contributed by atoms with Crippen LogP contribution in [0.2, 0.25) is 0 Å². The molecule has 1 saturated heterocycles. The number of aromatic nitrogens is 3. The van der Waals surface area contributed by atoms with E-state index in [1.54, 1.807) is 23.0 Å². The Bertz CT molecular complexity index is 1060. The Hall–Kier alpha value is -2.50. The normalized spacial score (nSPS) is 18.1. The molecular weight excluding hydrogens is 407 g/mol. The van der Waals surface area contributed by atoms with Crippen molar-refractivity contribution in [1.29, 1.82) is 0 Å². The Morgan fingerprint density at radius 3 is 2.62 bits per heavy atom. The van der Waals surface area contributed by atoms with Gasteiger partial charge in [-0.3, -0.25) is 0 Å². The van der Waals surface area contributed by atoms with Crippen LogP contribution in [0.25, 0.3) is 5.65 Å². The molecule has 0 amide bonds. The maximum absolute atomic E-state index is 12.9. The van der Waals surface area contributed by atoms with E-state index >= 15 is 0 Å². The van der Waals surface area contributed by atoms with Crippen LogP contribution in [-0.2, 0) is 20.8 Å². The van der Waals surface area contributed by atoms with Gasteiger partial charge in [0.15, 0.2) is 20.9 Å². The molecule has 4 rings (SSSR count). The van der Waals surface area contributed by atoms with Gasteiger partial charge in [0, 0.05) is 31.4 Å². The van der Waals surface area contributed by atoms with Gasteiger partial charge in [0.25, 0.3) is 0 Å². The van der Waals surface area contributed by atoms with E-state index in [1.165, 1.54) is 0 Å². The lowest BCUT2D eigenvalue weighted by atomic mass is 10.1. The molecule has 3 heterocycles. The number of piperidine rings is 1. The van der Waals surface area contributed by atoms with Gasteiger partial charge in [0.1, 0.15) is 5.82 Å². The molecule has 1 unspecified atom stereocenters. The summed E-state index contributed by atoms with van der Waals surface area (Å²) < 4.78 is 68.0. The smallest absolute Gasteiger partial charge is 0.416 e. The van der Waals surface area contributed by atoms with Gasteiger partial charge in [-0.25, -0.2) is 4.98 Å². The highest BCUT2D eigenvalue weighted by atomic mass is 32.3. The number of sulfonamides is 1. The largest absolute Gasteiger partial charge is 0.593 e. The molecule has 3 aromatic rings. The van der Waals surface area contributed by atoms with Gasteiger partial charge in [0.2, 0.25) is 0 Å². The van der Waals surface area contributed by atoms with E-state index in [-0.39, 0.29) is 10.9 Å². The molecule has 154 valence electrons. The molecule has 2 aromatic heterocycles. The number of hydrogen-bond acceptors (Lipinski definition) is 5. The third kappa shape index (κ3) is 4.11. The number of nitrogens with zero attached hydrogens (tertiary/aromatic N) is 4. The van der Waals surface area contributed by atoms with Crippen molar-refractivity contribution in [3.05, 3.63) is 54.4 Å². The van der Waals surface area contributed by atoms with Crippen LogP contribution in [0.4, 0.5) is 19.0 Å². The second-order valence-electron chi connectivity index (χ2n) is 6.81. The molecule has 0 radical (unpaired) electrons. The third-order valence-electron chi connectivity index (χ3n) is 4.88. The van der Waals surface area contributed by atoms with Crippen LogP contribution < -0.4 is 9.62 Å². The summed E-state index contributed by atoms with van der Waals surface area (Å²) in [7, 11) is -4.05. The maximum atomic E-state index is 12.9. The number of alkyl halides is 3. The van der Waals surface area contributed by atoms with Gasteiger partial charge in [0.05, 0.1) is 17.8 Å². The molecule has 1 fully saturated rings. The SMILES string of the molecule is O=[S+]([O-])(NC1CCN(c2ccnc3ccnn23)CC1)c1cccc(C(F)(F)F)c1. The molecule has 1 aliphatic rings. The number of benzene rings is 1. The maximum Gasteiger partial charge on any atom is 0.416 e. The van der Waals surface area contributed by atoms with Crippen LogP contribution in [0.5, 0.6) is 0 Å². The zero-order chi connectivity index (χ0) is 20.6. The van der Waals surface area contributed by atoms with Crippen molar-refractivity contribution in [2.45, 2.75) is 30.0 Å². The van der Waals surface area contributed by atoms with Crippen molar-refractivity contribution in [3.63, 3.8) is 0 Å². The predicted octanol–water partition coefficient (Wildman–Crippen LogP) is 2.91. The molecule has 29 heavy (non-hydrogen) atoms. The Kier molecular flexibility index (Phi) is 5.05. The molecule has 0 saturated carbocycles. The summed E-state index contributed by atoms with van der Waals surface area (Å²) >= 11 is 0. The van der Waals surface area contributed by atoms with Gasteiger partial charge in [-0.1, -0.05) is 10.3 Å². The first-order valence-corrected chi connectivity index (χ1v) is 10.5.